The standard InChI is InChI=1S/C11H11BrFN5O/c1-17-9(4-15-16-17)11(19)5-18(6-11)10-8(13)2-7(12)3-14-10/h2-4,19H,5-6H2,1H3. The minimum absolute atomic E-state index is 0.239. The van der Waals surface area contributed by atoms with E-state index in [0.29, 0.717) is 10.2 Å². The zero-order valence-corrected chi connectivity index (χ0v) is 11.7. The Hall–Kier alpha value is -1.54. The molecular formula is C11H11BrFN5O. The highest BCUT2D eigenvalue weighted by Crippen LogP contribution is 2.35. The van der Waals surface area contributed by atoms with Gasteiger partial charge in [-0.2, -0.15) is 0 Å². The number of rotatable bonds is 2. The number of aryl methyl sites for hydroxylation is 1. The van der Waals surface area contributed by atoms with Gasteiger partial charge in [0.2, 0.25) is 0 Å². The normalized spacial score (nSPS) is 17.4. The maximum Gasteiger partial charge on any atom is 0.166 e. The summed E-state index contributed by atoms with van der Waals surface area (Å²) in [6.07, 6.45) is 3.05. The average Bonchev–Trinajstić information content (AvgIpc) is 2.72. The van der Waals surface area contributed by atoms with E-state index in [4.69, 9.17) is 0 Å². The molecule has 0 saturated carbocycles. The predicted octanol–water partition coefficient (Wildman–Crippen LogP) is 0.819. The number of pyridine rings is 1. The molecule has 1 fully saturated rings. The highest BCUT2D eigenvalue weighted by Gasteiger charge is 2.46. The van der Waals surface area contributed by atoms with Gasteiger partial charge in [-0.3, -0.25) is 0 Å². The molecule has 0 aliphatic carbocycles. The van der Waals surface area contributed by atoms with Crippen molar-refractivity contribution in [1.82, 2.24) is 20.0 Å². The van der Waals surface area contributed by atoms with Crippen molar-refractivity contribution >= 4 is 21.7 Å². The number of nitrogens with zero attached hydrogens (tertiary/aromatic N) is 5. The Morgan fingerprint density at radius 1 is 1.42 bits per heavy atom. The van der Waals surface area contributed by atoms with Gasteiger partial charge in [0.15, 0.2) is 11.6 Å². The van der Waals surface area contributed by atoms with Gasteiger partial charge >= 0.3 is 0 Å². The van der Waals surface area contributed by atoms with Crippen molar-refractivity contribution in [3.8, 4) is 0 Å². The summed E-state index contributed by atoms with van der Waals surface area (Å²) in [6.45, 7) is 0.527. The van der Waals surface area contributed by atoms with Crippen molar-refractivity contribution in [3.05, 3.63) is 34.4 Å². The van der Waals surface area contributed by atoms with Crippen molar-refractivity contribution < 1.29 is 9.50 Å². The second-order valence-corrected chi connectivity index (χ2v) is 5.51. The molecule has 1 N–H and O–H groups in total. The Morgan fingerprint density at radius 3 is 2.74 bits per heavy atom. The van der Waals surface area contributed by atoms with E-state index in [1.54, 1.807) is 11.9 Å². The minimum atomic E-state index is -1.06. The zero-order chi connectivity index (χ0) is 13.6. The fourth-order valence-corrected chi connectivity index (χ4v) is 2.55. The maximum absolute atomic E-state index is 13.7. The van der Waals surface area contributed by atoms with Gasteiger partial charge in [0.1, 0.15) is 5.60 Å². The van der Waals surface area contributed by atoms with E-state index in [9.17, 15) is 9.50 Å². The fraction of sp³-hybridized carbons (Fsp3) is 0.364. The predicted molar refractivity (Wildman–Crippen MR) is 69.0 cm³/mol. The van der Waals surface area contributed by atoms with Crippen LogP contribution in [0, 0.1) is 5.82 Å². The molecule has 3 heterocycles. The van der Waals surface area contributed by atoms with Gasteiger partial charge in [0.05, 0.1) is 25.0 Å². The van der Waals surface area contributed by atoms with Crippen molar-refractivity contribution in [1.29, 1.82) is 0 Å². The van der Waals surface area contributed by atoms with Crippen LogP contribution in [0.2, 0.25) is 0 Å². The summed E-state index contributed by atoms with van der Waals surface area (Å²) < 4.78 is 15.8. The topological polar surface area (TPSA) is 67.1 Å². The van der Waals surface area contributed by atoms with Crippen LogP contribution in [0.4, 0.5) is 10.2 Å². The quantitative estimate of drug-likeness (QED) is 0.884. The summed E-state index contributed by atoms with van der Waals surface area (Å²) >= 11 is 3.16. The lowest BCUT2D eigenvalue weighted by atomic mass is 9.90. The summed E-state index contributed by atoms with van der Waals surface area (Å²) in [5.41, 5.74) is -0.444. The molecule has 1 saturated heterocycles. The molecule has 0 spiro atoms. The minimum Gasteiger partial charge on any atom is -0.380 e. The Morgan fingerprint density at radius 2 is 2.16 bits per heavy atom. The molecule has 1 aliphatic heterocycles. The van der Waals surface area contributed by atoms with Crippen LogP contribution in [0.3, 0.4) is 0 Å². The van der Waals surface area contributed by atoms with Crippen molar-refractivity contribution in [3.63, 3.8) is 0 Å². The van der Waals surface area contributed by atoms with Gasteiger partial charge in [-0.15, -0.1) is 5.10 Å². The lowest BCUT2D eigenvalue weighted by molar-refractivity contribution is -0.000875. The fourth-order valence-electron chi connectivity index (χ4n) is 2.25. The van der Waals surface area contributed by atoms with Gasteiger partial charge in [0.25, 0.3) is 0 Å². The Kier molecular flexibility index (Phi) is 2.79. The number of hydrogen-bond donors (Lipinski definition) is 1. The lowest BCUT2D eigenvalue weighted by Gasteiger charge is -2.46. The first-order valence-corrected chi connectivity index (χ1v) is 6.42. The third-order valence-electron chi connectivity index (χ3n) is 3.18. The zero-order valence-electron chi connectivity index (χ0n) is 10.1. The van der Waals surface area contributed by atoms with E-state index < -0.39 is 11.4 Å². The first-order chi connectivity index (χ1) is 8.99. The first kappa shape index (κ1) is 12.5. The number of hydrogen-bond acceptors (Lipinski definition) is 5. The summed E-state index contributed by atoms with van der Waals surface area (Å²) in [7, 11) is 1.71. The molecule has 2 aromatic heterocycles. The molecule has 8 heteroatoms. The Balaban J connectivity index is 1.81. The molecule has 0 bridgehead atoms. The molecule has 100 valence electrons. The molecular weight excluding hydrogens is 317 g/mol. The highest BCUT2D eigenvalue weighted by atomic mass is 79.9. The Bertz CT molecular complexity index is 625. The number of halogens is 2. The molecule has 0 unspecified atom stereocenters. The van der Waals surface area contributed by atoms with E-state index in [2.05, 4.69) is 31.2 Å². The molecule has 0 amide bonds. The van der Waals surface area contributed by atoms with Crippen LogP contribution in [0.15, 0.2) is 22.9 Å². The number of anilines is 1. The van der Waals surface area contributed by atoms with Gasteiger partial charge in [-0.05, 0) is 22.0 Å². The van der Waals surface area contributed by atoms with Crippen LogP contribution >= 0.6 is 15.9 Å². The van der Waals surface area contributed by atoms with Crippen LogP contribution in [0.1, 0.15) is 5.69 Å². The second kappa shape index (κ2) is 4.24. The summed E-state index contributed by atoms with van der Waals surface area (Å²) in [5.74, 6) is -0.178. The third-order valence-corrected chi connectivity index (χ3v) is 3.62. The maximum atomic E-state index is 13.7. The van der Waals surface area contributed by atoms with Crippen LogP contribution < -0.4 is 4.90 Å². The molecule has 2 aromatic rings. The summed E-state index contributed by atoms with van der Waals surface area (Å²) in [6, 6.07) is 1.35. The van der Waals surface area contributed by atoms with Crippen molar-refractivity contribution in [2.75, 3.05) is 18.0 Å². The van der Waals surface area contributed by atoms with Crippen LogP contribution in [0.5, 0.6) is 0 Å². The molecule has 0 radical (unpaired) electrons. The van der Waals surface area contributed by atoms with Gasteiger partial charge in [-0.1, -0.05) is 5.21 Å². The highest BCUT2D eigenvalue weighted by molar-refractivity contribution is 9.10. The van der Waals surface area contributed by atoms with Gasteiger partial charge in [0, 0.05) is 17.7 Å². The van der Waals surface area contributed by atoms with E-state index >= 15 is 0 Å². The SMILES string of the molecule is Cn1nncc1C1(O)CN(c2ncc(Br)cc2F)C1. The molecule has 19 heavy (non-hydrogen) atoms. The number of β-amino-alcohol motifs (C(OH)–C–C–N with tert-alkyl or cyclic N) is 1. The monoisotopic (exact) mass is 327 g/mol. The smallest absolute Gasteiger partial charge is 0.166 e. The molecule has 6 nitrogen and oxygen atoms in total. The van der Waals surface area contributed by atoms with E-state index in [1.807, 2.05) is 0 Å². The van der Waals surface area contributed by atoms with Crippen LogP contribution in [-0.4, -0.2) is 38.2 Å². The van der Waals surface area contributed by atoms with Crippen LogP contribution in [0.25, 0.3) is 0 Å². The first-order valence-electron chi connectivity index (χ1n) is 5.63. The summed E-state index contributed by atoms with van der Waals surface area (Å²) in [5, 5.41) is 17.9. The Labute approximate surface area is 117 Å². The molecule has 3 rings (SSSR count). The lowest BCUT2D eigenvalue weighted by Crippen LogP contribution is -2.60. The molecule has 1 aliphatic rings. The van der Waals surface area contributed by atoms with Gasteiger partial charge < -0.3 is 10.0 Å². The largest absolute Gasteiger partial charge is 0.380 e. The number of aromatic nitrogens is 4. The van der Waals surface area contributed by atoms with Crippen molar-refractivity contribution in [2.45, 2.75) is 5.60 Å². The molecule has 0 aromatic carbocycles. The van der Waals surface area contributed by atoms with Crippen molar-refractivity contribution in [2.24, 2.45) is 7.05 Å². The molecule has 0 atom stereocenters. The number of aliphatic hydroxyl groups is 1. The van der Waals surface area contributed by atoms with E-state index in [0.717, 1.165) is 0 Å². The van der Waals surface area contributed by atoms with Crippen LogP contribution in [-0.2, 0) is 12.6 Å². The van der Waals surface area contributed by atoms with Gasteiger partial charge in [-0.25, -0.2) is 14.1 Å². The third kappa shape index (κ3) is 2.00. The summed E-state index contributed by atoms with van der Waals surface area (Å²) in [4.78, 5) is 5.70. The van der Waals surface area contributed by atoms with E-state index in [1.165, 1.54) is 23.1 Å². The average molecular weight is 328 g/mol. The van der Waals surface area contributed by atoms with E-state index in [-0.39, 0.29) is 18.9 Å². The second-order valence-electron chi connectivity index (χ2n) is 4.59.